The minimum absolute atomic E-state index is 0.474. The van der Waals surface area contributed by atoms with Crippen LogP contribution in [0.1, 0.15) is 12.0 Å². The second-order valence-electron chi connectivity index (χ2n) is 4.87. The summed E-state index contributed by atoms with van der Waals surface area (Å²) in [6.45, 7) is 5.64. The zero-order chi connectivity index (χ0) is 13.0. The van der Waals surface area contributed by atoms with Crippen LogP contribution in [0.2, 0.25) is 5.02 Å². The third kappa shape index (κ3) is 3.61. The van der Waals surface area contributed by atoms with Crippen LogP contribution in [0, 0.1) is 6.92 Å². The van der Waals surface area contributed by atoms with Gasteiger partial charge in [-0.15, -0.1) is 0 Å². The molecule has 3 nitrogen and oxygen atoms in total. The molecule has 1 aromatic carbocycles. The number of aryl methyl sites for hydroxylation is 1. The molecular weight excluding hydrogens is 248 g/mol. The highest BCUT2D eigenvalue weighted by atomic mass is 35.5. The number of anilines is 1. The highest BCUT2D eigenvalue weighted by Crippen LogP contribution is 2.22. The Kier molecular flexibility index (Phi) is 4.87. The summed E-state index contributed by atoms with van der Waals surface area (Å²) >= 11 is 6.15. The van der Waals surface area contributed by atoms with Crippen molar-refractivity contribution in [2.24, 2.45) is 0 Å². The number of benzene rings is 1. The molecule has 1 N–H and O–H groups in total. The first-order valence-electron chi connectivity index (χ1n) is 6.45. The molecule has 0 bridgehead atoms. The Balaban J connectivity index is 1.86. The van der Waals surface area contributed by atoms with Gasteiger partial charge in [0.1, 0.15) is 0 Å². The predicted molar refractivity (Wildman–Crippen MR) is 76.7 cm³/mol. The van der Waals surface area contributed by atoms with Crippen molar-refractivity contribution in [3.63, 3.8) is 0 Å². The Morgan fingerprint density at radius 1 is 1.50 bits per heavy atom. The predicted octanol–water partition coefficient (Wildman–Crippen LogP) is 2.46. The fourth-order valence-electron chi connectivity index (χ4n) is 2.10. The van der Waals surface area contributed by atoms with Gasteiger partial charge in [-0.3, -0.25) is 0 Å². The van der Waals surface area contributed by atoms with Crippen molar-refractivity contribution in [3.8, 4) is 0 Å². The van der Waals surface area contributed by atoms with Gasteiger partial charge in [-0.25, -0.2) is 0 Å². The number of halogens is 1. The highest BCUT2D eigenvalue weighted by Gasteiger charge is 2.13. The van der Waals surface area contributed by atoms with Crippen LogP contribution in [0.3, 0.4) is 0 Å². The summed E-state index contributed by atoms with van der Waals surface area (Å²) in [6, 6.07) is 6.69. The van der Waals surface area contributed by atoms with E-state index >= 15 is 0 Å². The first kappa shape index (κ1) is 13.7. The Morgan fingerprint density at radius 3 is 3.00 bits per heavy atom. The number of nitrogens with one attached hydrogen (secondary N) is 1. The molecule has 1 heterocycles. The first-order valence-corrected chi connectivity index (χ1v) is 6.83. The molecule has 0 radical (unpaired) electrons. The van der Waals surface area contributed by atoms with Gasteiger partial charge in [0.15, 0.2) is 0 Å². The zero-order valence-electron chi connectivity index (χ0n) is 11.1. The molecule has 4 heteroatoms. The molecule has 0 spiro atoms. The van der Waals surface area contributed by atoms with Crippen LogP contribution >= 0.6 is 11.6 Å². The smallest absolute Gasteiger partial charge is 0.0620 e. The molecule has 1 atom stereocenters. The molecule has 1 fully saturated rings. The summed E-state index contributed by atoms with van der Waals surface area (Å²) < 4.78 is 5.45. The van der Waals surface area contributed by atoms with Crippen molar-refractivity contribution in [2.45, 2.75) is 19.4 Å². The van der Waals surface area contributed by atoms with Gasteiger partial charge in [-0.1, -0.05) is 17.7 Å². The number of ether oxygens (including phenoxy) is 1. The van der Waals surface area contributed by atoms with E-state index in [4.69, 9.17) is 16.3 Å². The van der Waals surface area contributed by atoms with E-state index in [0.717, 1.165) is 43.3 Å². The summed E-state index contributed by atoms with van der Waals surface area (Å²) in [5.41, 5.74) is 2.29. The molecule has 1 unspecified atom stereocenters. The second-order valence-corrected chi connectivity index (χ2v) is 5.28. The van der Waals surface area contributed by atoms with Crippen LogP contribution in [0.4, 0.5) is 5.69 Å². The third-order valence-corrected chi connectivity index (χ3v) is 3.81. The lowest BCUT2D eigenvalue weighted by Crippen LogP contribution is -2.42. The Hall–Kier alpha value is -0.770. The Bertz CT molecular complexity index is 391. The summed E-state index contributed by atoms with van der Waals surface area (Å²) in [5, 5.41) is 4.30. The van der Waals surface area contributed by atoms with Crippen LogP contribution in [0.15, 0.2) is 18.2 Å². The Labute approximate surface area is 114 Å². The summed E-state index contributed by atoms with van der Waals surface area (Å²) in [6.07, 6.45) is 1.09. The topological polar surface area (TPSA) is 24.5 Å². The quantitative estimate of drug-likeness (QED) is 0.908. The van der Waals surface area contributed by atoms with E-state index in [1.165, 1.54) is 5.69 Å². The molecule has 1 aliphatic heterocycles. The standard InChI is InChI=1S/C14H21ClN2O/c1-11-3-4-13(9-14(11)15)17(2)7-5-12-10-18-8-6-16-12/h3-4,9,12,16H,5-8,10H2,1-2H3. The van der Waals surface area contributed by atoms with Gasteiger partial charge in [0.25, 0.3) is 0 Å². The van der Waals surface area contributed by atoms with Gasteiger partial charge < -0.3 is 15.0 Å². The van der Waals surface area contributed by atoms with E-state index in [9.17, 15) is 0 Å². The van der Waals surface area contributed by atoms with Gasteiger partial charge in [0.05, 0.1) is 13.2 Å². The lowest BCUT2D eigenvalue weighted by Gasteiger charge is -2.27. The largest absolute Gasteiger partial charge is 0.379 e. The van der Waals surface area contributed by atoms with Gasteiger partial charge in [-0.05, 0) is 31.0 Å². The molecule has 0 aliphatic carbocycles. The summed E-state index contributed by atoms with van der Waals surface area (Å²) in [5.74, 6) is 0. The minimum Gasteiger partial charge on any atom is -0.379 e. The van der Waals surface area contributed by atoms with Crippen molar-refractivity contribution in [3.05, 3.63) is 28.8 Å². The van der Waals surface area contributed by atoms with Crippen LogP contribution in [-0.2, 0) is 4.74 Å². The van der Waals surface area contributed by atoms with Crippen LogP contribution in [0.25, 0.3) is 0 Å². The highest BCUT2D eigenvalue weighted by molar-refractivity contribution is 6.31. The number of morpholine rings is 1. The number of rotatable bonds is 4. The lowest BCUT2D eigenvalue weighted by molar-refractivity contribution is 0.0749. The van der Waals surface area contributed by atoms with E-state index < -0.39 is 0 Å². The molecule has 0 amide bonds. The van der Waals surface area contributed by atoms with Crippen molar-refractivity contribution < 1.29 is 4.74 Å². The molecular formula is C14H21ClN2O. The summed E-state index contributed by atoms with van der Waals surface area (Å²) in [4.78, 5) is 2.24. The molecule has 1 aliphatic rings. The molecule has 0 saturated carbocycles. The average Bonchev–Trinajstić information content (AvgIpc) is 2.40. The SMILES string of the molecule is Cc1ccc(N(C)CCC2COCCN2)cc1Cl. The fraction of sp³-hybridized carbons (Fsp3) is 0.571. The molecule has 1 saturated heterocycles. The maximum Gasteiger partial charge on any atom is 0.0620 e. The molecule has 1 aromatic rings. The van der Waals surface area contributed by atoms with Crippen molar-refractivity contribution in [2.75, 3.05) is 38.3 Å². The van der Waals surface area contributed by atoms with Crippen molar-refractivity contribution >= 4 is 17.3 Å². The van der Waals surface area contributed by atoms with Gasteiger partial charge in [0, 0.05) is 36.9 Å². The van der Waals surface area contributed by atoms with Gasteiger partial charge >= 0.3 is 0 Å². The molecule has 18 heavy (non-hydrogen) atoms. The second kappa shape index (κ2) is 6.41. The molecule has 100 valence electrons. The fourth-order valence-corrected chi connectivity index (χ4v) is 2.28. The minimum atomic E-state index is 0.474. The maximum absolute atomic E-state index is 6.15. The van der Waals surface area contributed by atoms with E-state index in [1.807, 2.05) is 13.0 Å². The lowest BCUT2D eigenvalue weighted by atomic mass is 10.1. The monoisotopic (exact) mass is 268 g/mol. The van der Waals surface area contributed by atoms with Crippen LogP contribution in [0.5, 0.6) is 0 Å². The molecule has 2 rings (SSSR count). The first-order chi connectivity index (χ1) is 8.66. The zero-order valence-corrected chi connectivity index (χ0v) is 11.8. The molecule has 0 aromatic heterocycles. The third-order valence-electron chi connectivity index (χ3n) is 3.41. The van der Waals surface area contributed by atoms with E-state index in [-0.39, 0.29) is 0 Å². The van der Waals surface area contributed by atoms with Crippen LogP contribution < -0.4 is 10.2 Å². The van der Waals surface area contributed by atoms with Crippen molar-refractivity contribution in [1.82, 2.24) is 5.32 Å². The van der Waals surface area contributed by atoms with Crippen molar-refractivity contribution in [1.29, 1.82) is 0 Å². The number of nitrogens with zero attached hydrogens (tertiary/aromatic N) is 1. The summed E-state index contributed by atoms with van der Waals surface area (Å²) in [7, 11) is 2.10. The van der Waals surface area contributed by atoms with E-state index in [0.29, 0.717) is 6.04 Å². The number of hydrogen-bond donors (Lipinski definition) is 1. The van der Waals surface area contributed by atoms with E-state index in [2.05, 4.69) is 29.4 Å². The van der Waals surface area contributed by atoms with Gasteiger partial charge in [0.2, 0.25) is 0 Å². The van der Waals surface area contributed by atoms with E-state index in [1.54, 1.807) is 0 Å². The average molecular weight is 269 g/mol. The van der Waals surface area contributed by atoms with Crippen LogP contribution in [-0.4, -0.2) is 39.4 Å². The maximum atomic E-state index is 6.15. The number of hydrogen-bond acceptors (Lipinski definition) is 3. The Morgan fingerprint density at radius 2 is 2.33 bits per heavy atom. The normalized spacial score (nSPS) is 19.8. The van der Waals surface area contributed by atoms with Gasteiger partial charge in [-0.2, -0.15) is 0 Å².